The maximum absolute atomic E-state index is 12.3. The predicted molar refractivity (Wildman–Crippen MR) is 112 cm³/mol. The Morgan fingerprint density at radius 3 is 2.11 bits per heavy atom. The van der Waals surface area contributed by atoms with E-state index in [9.17, 15) is 9.59 Å². The third-order valence-electron chi connectivity index (χ3n) is 4.13. The molecule has 1 fully saturated rings. The Balaban J connectivity index is 1.59. The molecule has 2 amide bonds. The van der Waals surface area contributed by atoms with Gasteiger partial charge in [-0.25, -0.2) is 0 Å². The van der Waals surface area contributed by atoms with Crippen molar-refractivity contribution >= 4 is 58.0 Å². The van der Waals surface area contributed by atoms with Crippen LogP contribution in [0.2, 0.25) is 10.0 Å². The van der Waals surface area contributed by atoms with Crippen molar-refractivity contribution in [3.05, 3.63) is 63.6 Å². The summed E-state index contributed by atoms with van der Waals surface area (Å²) >= 11 is 17.0. The van der Waals surface area contributed by atoms with E-state index >= 15 is 0 Å². The van der Waals surface area contributed by atoms with Crippen molar-refractivity contribution in [1.29, 1.82) is 0 Å². The fraction of sp³-hybridized carbons (Fsp3) is 0.211. The molecule has 1 aliphatic rings. The average molecular weight is 422 g/mol. The number of rotatable bonds is 3. The molecule has 0 saturated carbocycles. The van der Waals surface area contributed by atoms with Crippen molar-refractivity contribution < 1.29 is 9.59 Å². The Labute approximate surface area is 172 Å². The summed E-state index contributed by atoms with van der Waals surface area (Å²) in [6, 6.07) is 11.5. The topological polar surface area (TPSA) is 61.4 Å². The minimum Gasteiger partial charge on any atom is -0.339 e. The molecule has 0 bridgehead atoms. The molecule has 3 rings (SSSR count). The van der Waals surface area contributed by atoms with E-state index in [0.29, 0.717) is 26.9 Å². The molecule has 140 valence electrons. The highest BCUT2D eigenvalue weighted by molar-refractivity contribution is 7.80. The van der Waals surface area contributed by atoms with Crippen LogP contribution < -0.4 is 10.6 Å². The van der Waals surface area contributed by atoms with Crippen molar-refractivity contribution in [3.63, 3.8) is 0 Å². The molecule has 2 aromatic carbocycles. The van der Waals surface area contributed by atoms with Gasteiger partial charge in [-0.15, -0.1) is 0 Å². The number of nitrogens with one attached hydrogen (secondary N) is 2. The van der Waals surface area contributed by atoms with Gasteiger partial charge in [-0.05, 0) is 67.5 Å². The molecular weight excluding hydrogens is 405 g/mol. The van der Waals surface area contributed by atoms with E-state index in [0.717, 1.165) is 25.9 Å². The second-order valence-corrected chi connectivity index (χ2v) is 7.42. The molecule has 0 spiro atoms. The molecule has 27 heavy (non-hydrogen) atoms. The lowest BCUT2D eigenvalue weighted by Gasteiger charge is -2.15. The number of hydrogen-bond donors (Lipinski definition) is 2. The van der Waals surface area contributed by atoms with Gasteiger partial charge in [0, 0.05) is 39.9 Å². The van der Waals surface area contributed by atoms with Crippen LogP contribution in [0.3, 0.4) is 0 Å². The van der Waals surface area contributed by atoms with E-state index in [1.54, 1.807) is 30.3 Å². The summed E-state index contributed by atoms with van der Waals surface area (Å²) in [6.45, 7) is 1.62. The molecular formula is C19H17Cl2N3O2S. The number of anilines is 1. The van der Waals surface area contributed by atoms with E-state index in [1.807, 2.05) is 4.90 Å². The second kappa shape index (κ2) is 8.69. The first kappa shape index (κ1) is 19.6. The zero-order chi connectivity index (χ0) is 19.4. The van der Waals surface area contributed by atoms with E-state index in [1.165, 1.54) is 12.1 Å². The predicted octanol–water partition coefficient (Wildman–Crippen LogP) is 4.36. The smallest absolute Gasteiger partial charge is 0.257 e. The Bertz CT molecular complexity index is 861. The number of benzene rings is 2. The molecule has 8 heteroatoms. The summed E-state index contributed by atoms with van der Waals surface area (Å²) in [6.07, 6.45) is 2.11. The fourth-order valence-corrected chi connectivity index (χ4v) is 3.56. The van der Waals surface area contributed by atoms with E-state index in [4.69, 9.17) is 35.4 Å². The van der Waals surface area contributed by atoms with Crippen molar-refractivity contribution in [2.24, 2.45) is 0 Å². The Hall–Kier alpha value is -2.15. The van der Waals surface area contributed by atoms with Crippen LogP contribution in [0.5, 0.6) is 0 Å². The molecule has 2 N–H and O–H groups in total. The second-order valence-electron chi connectivity index (χ2n) is 6.14. The van der Waals surface area contributed by atoms with Crippen molar-refractivity contribution in [2.45, 2.75) is 12.8 Å². The van der Waals surface area contributed by atoms with Crippen LogP contribution in [-0.4, -0.2) is 34.9 Å². The summed E-state index contributed by atoms with van der Waals surface area (Å²) in [4.78, 5) is 26.4. The van der Waals surface area contributed by atoms with Crippen molar-refractivity contribution in [2.75, 3.05) is 18.4 Å². The zero-order valence-electron chi connectivity index (χ0n) is 14.3. The molecule has 0 aromatic heterocycles. The maximum atomic E-state index is 12.3. The van der Waals surface area contributed by atoms with Gasteiger partial charge in [0.1, 0.15) is 0 Å². The molecule has 0 atom stereocenters. The van der Waals surface area contributed by atoms with Gasteiger partial charge >= 0.3 is 0 Å². The molecule has 1 saturated heterocycles. The maximum Gasteiger partial charge on any atom is 0.257 e. The first-order valence-electron chi connectivity index (χ1n) is 8.40. The van der Waals surface area contributed by atoms with E-state index in [-0.39, 0.29) is 11.0 Å². The quantitative estimate of drug-likeness (QED) is 0.722. The number of carbonyl (C=O) groups is 2. The molecule has 0 unspecified atom stereocenters. The summed E-state index contributed by atoms with van der Waals surface area (Å²) in [7, 11) is 0. The molecule has 2 aromatic rings. The fourth-order valence-electron chi connectivity index (χ4n) is 2.82. The van der Waals surface area contributed by atoms with Crippen LogP contribution in [0.1, 0.15) is 33.6 Å². The number of nitrogens with zero attached hydrogens (tertiary/aromatic N) is 1. The summed E-state index contributed by atoms with van der Waals surface area (Å²) in [5, 5.41) is 6.35. The number of hydrogen-bond acceptors (Lipinski definition) is 3. The number of likely N-dealkylation sites (tertiary alicyclic amines) is 1. The Morgan fingerprint density at radius 1 is 0.926 bits per heavy atom. The van der Waals surface area contributed by atoms with Crippen molar-refractivity contribution in [1.82, 2.24) is 10.2 Å². The minimum absolute atomic E-state index is 0.0350. The standard InChI is InChI=1S/C19H17Cl2N3O2S/c20-14-9-13(10-15(21)11-14)17(25)23-19(27)22-16-5-3-12(4-6-16)18(26)24-7-1-2-8-24/h3-6,9-11H,1-2,7-8H2,(H2,22,23,25,27). The summed E-state index contributed by atoms with van der Waals surface area (Å²) < 4.78 is 0. The lowest BCUT2D eigenvalue weighted by atomic mass is 10.2. The van der Waals surface area contributed by atoms with Crippen LogP contribution in [0.15, 0.2) is 42.5 Å². The van der Waals surface area contributed by atoms with Gasteiger partial charge in [0.05, 0.1) is 0 Å². The molecule has 1 aliphatic heterocycles. The number of carbonyl (C=O) groups excluding carboxylic acids is 2. The summed E-state index contributed by atoms with van der Waals surface area (Å²) in [5.74, 6) is -0.384. The molecule has 1 heterocycles. The number of halogens is 2. The van der Waals surface area contributed by atoms with Gasteiger partial charge in [0.2, 0.25) is 0 Å². The van der Waals surface area contributed by atoms with Crippen LogP contribution in [-0.2, 0) is 0 Å². The van der Waals surface area contributed by atoms with Crippen LogP contribution in [0, 0.1) is 0 Å². The van der Waals surface area contributed by atoms with Gasteiger partial charge in [0.25, 0.3) is 11.8 Å². The normalized spacial score (nSPS) is 13.3. The monoisotopic (exact) mass is 421 g/mol. The van der Waals surface area contributed by atoms with Gasteiger partial charge in [-0.1, -0.05) is 23.2 Å². The van der Waals surface area contributed by atoms with Gasteiger partial charge in [0.15, 0.2) is 5.11 Å². The van der Waals surface area contributed by atoms with Crippen molar-refractivity contribution in [3.8, 4) is 0 Å². The first-order valence-corrected chi connectivity index (χ1v) is 9.56. The Morgan fingerprint density at radius 2 is 1.52 bits per heavy atom. The largest absolute Gasteiger partial charge is 0.339 e. The highest BCUT2D eigenvalue weighted by atomic mass is 35.5. The van der Waals surface area contributed by atoms with Crippen LogP contribution in [0.25, 0.3) is 0 Å². The SMILES string of the molecule is O=C(NC(=S)Nc1ccc(C(=O)N2CCCC2)cc1)c1cc(Cl)cc(Cl)c1. The van der Waals surface area contributed by atoms with E-state index < -0.39 is 5.91 Å². The summed E-state index contributed by atoms with van der Waals surface area (Å²) in [5.41, 5.74) is 1.61. The molecule has 5 nitrogen and oxygen atoms in total. The number of thiocarbonyl (C=S) groups is 1. The Kier molecular flexibility index (Phi) is 6.31. The molecule has 0 radical (unpaired) electrons. The van der Waals surface area contributed by atoms with Gasteiger partial charge in [-0.2, -0.15) is 0 Å². The lowest BCUT2D eigenvalue weighted by Crippen LogP contribution is -2.34. The van der Waals surface area contributed by atoms with Gasteiger partial charge in [-0.3, -0.25) is 14.9 Å². The third-order valence-corrected chi connectivity index (χ3v) is 4.78. The van der Waals surface area contributed by atoms with Crippen LogP contribution >= 0.6 is 35.4 Å². The van der Waals surface area contributed by atoms with Gasteiger partial charge < -0.3 is 10.2 Å². The highest BCUT2D eigenvalue weighted by Crippen LogP contribution is 2.19. The first-order chi connectivity index (χ1) is 12.9. The number of amides is 2. The minimum atomic E-state index is -0.419. The highest BCUT2D eigenvalue weighted by Gasteiger charge is 2.19. The zero-order valence-corrected chi connectivity index (χ0v) is 16.6. The average Bonchev–Trinajstić information content (AvgIpc) is 3.15. The van der Waals surface area contributed by atoms with Crippen LogP contribution in [0.4, 0.5) is 5.69 Å². The van der Waals surface area contributed by atoms with E-state index in [2.05, 4.69) is 10.6 Å². The molecule has 0 aliphatic carbocycles. The third kappa shape index (κ3) is 5.19. The lowest BCUT2D eigenvalue weighted by molar-refractivity contribution is 0.0792.